The van der Waals surface area contributed by atoms with Crippen molar-refractivity contribution in [2.45, 2.75) is 26.0 Å². The summed E-state index contributed by atoms with van der Waals surface area (Å²) in [5.41, 5.74) is 0.489. The van der Waals surface area contributed by atoms with Gasteiger partial charge in [-0.3, -0.25) is 4.90 Å². The van der Waals surface area contributed by atoms with Crippen LogP contribution in [0.25, 0.3) is 11.3 Å². The molecule has 0 atom stereocenters. The van der Waals surface area contributed by atoms with E-state index in [-0.39, 0.29) is 5.92 Å². The first kappa shape index (κ1) is 13.3. The monoisotopic (exact) mass is 272 g/mol. The predicted octanol–water partition coefficient (Wildman–Crippen LogP) is 2.54. The maximum absolute atomic E-state index is 10.2. The minimum Gasteiger partial charge on any atom is -0.439 e. The number of likely N-dealkylation sites (tertiary alicyclic amines) is 1. The number of β-amino-alcohol motifs (C(OH)–C–C–N with tert-alkyl or cyclic N) is 1. The van der Waals surface area contributed by atoms with Crippen LogP contribution in [0.4, 0.5) is 0 Å². The van der Waals surface area contributed by atoms with Gasteiger partial charge in [-0.2, -0.15) is 0 Å². The van der Waals surface area contributed by atoms with Gasteiger partial charge >= 0.3 is 0 Å². The normalized spacial score (nSPS) is 18.2. The predicted molar refractivity (Wildman–Crippen MR) is 77.0 cm³/mol. The smallest absolute Gasteiger partial charge is 0.209 e. The fourth-order valence-electron chi connectivity index (χ4n) is 2.52. The van der Waals surface area contributed by atoms with Crippen molar-refractivity contribution >= 4 is 0 Å². The Morgan fingerprint density at radius 3 is 2.65 bits per heavy atom. The van der Waals surface area contributed by atoms with E-state index < -0.39 is 5.60 Å². The van der Waals surface area contributed by atoms with Gasteiger partial charge in [0.25, 0.3) is 0 Å². The number of aliphatic hydroxyl groups is 1. The summed E-state index contributed by atoms with van der Waals surface area (Å²) in [7, 11) is 0. The van der Waals surface area contributed by atoms with Crippen LogP contribution in [0.2, 0.25) is 0 Å². The Labute approximate surface area is 119 Å². The zero-order valence-corrected chi connectivity index (χ0v) is 11.9. The molecule has 1 saturated heterocycles. The minimum atomic E-state index is -0.547. The van der Waals surface area contributed by atoms with E-state index in [1.807, 2.05) is 30.3 Å². The number of rotatable bonds is 4. The third-order valence-corrected chi connectivity index (χ3v) is 4.04. The van der Waals surface area contributed by atoms with Crippen LogP contribution in [0.5, 0.6) is 0 Å². The summed E-state index contributed by atoms with van der Waals surface area (Å²) in [5.74, 6) is 1.78. The highest BCUT2D eigenvalue weighted by molar-refractivity contribution is 5.55. The van der Waals surface area contributed by atoms with E-state index in [0.29, 0.717) is 25.5 Å². The van der Waals surface area contributed by atoms with Crippen molar-refractivity contribution in [3.63, 3.8) is 0 Å². The highest BCUT2D eigenvalue weighted by Gasteiger charge is 2.43. The largest absolute Gasteiger partial charge is 0.439 e. The molecule has 1 aliphatic heterocycles. The summed E-state index contributed by atoms with van der Waals surface area (Å²) in [6.45, 7) is 6.13. The number of nitrogens with zero attached hydrogens (tertiary/aromatic N) is 2. The molecule has 0 radical (unpaired) electrons. The zero-order valence-electron chi connectivity index (χ0n) is 11.9. The lowest BCUT2D eigenvalue weighted by Gasteiger charge is -2.48. The first-order chi connectivity index (χ1) is 9.57. The second-order valence-electron chi connectivity index (χ2n) is 5.89. The molecule has 0 amide bonds. The molecule has 1 aliphatic rings. The molecule has 2 aromatic rings. The minimum absolute atomic E-state index is 0.281. The molecule has 106 valence electrons. The van der Waals surface area contributed by atoms with Crippen molar-refractivity contribution in [2.75, 3.05) is 13.1 Å². The topological polar surface area (TPSA) is 49.5 Å². The highest BCUT2D eigenvalue weighted by Crippen LogP contribution is 2.30. The van der Waals surface area contributed by atoms with Crippen molar-refractivity contribution in [2.24, 2.45) is 5.92 Å². The van der Waals surface area contributed by atoms with Crippen molar-refractivity contribution in [1.82, 2.24) is 9.88 Å². The van der Waals surface area contributed by atoms with E-state index in [1.54, 1.807) is 6.20 Å². The van der Waals surface area contributed by atoms with E-state index in [1.165, 1.54) is 0 Å². The molecule has 1 N–H and O–H groups in total. The number of benzene rings is 1. The van der Waals surface area contributed by atoms with E-state index in [9.17, 15) is 5.11 Å². The van der Waals surface area contributed by atoms with Crippen molar-refractivity contribution < 1.29 is 9.52 Å². The van der Waals surface area contributed by atoms with Crippen molar-refractivity contribution in [3.8, 4) is 11.3 Å². The lowest BCUT2D eigenvalue weighted by Crippen LogP contribution is -2.63. The van der Waals surface area contributed by atoms with Gasteiger partial charge in [0.2, 0.25) is 5.89 Å². The highest BCUT2D eigenvalue weighted by atomic mass is 16.4. The number of aromatic nitrogens is 1. The Kier molecular flexibility index (Phi) is 3.36. The third kappa shape index (κ3) is 2.49. The van der Waals surface area contributed by atoms with Gasteiger partial charge in [0, 0.05) is 18.7 Å². The number of hydrogen-bond donors (Lipinski definition) is 1. The van der Waals surface area contributed by atoms with Crippen LogP contribution in [-0.4, -0.2) is 33.7 Å². The molecule has 0 bridgehead atoms. The van der Waals surface area contributed by atoms with Gasteiger partial charge in [-0.05, 0) is 5.92 Å². The summed E-state index contributed by atoms with van der Waals surface area (Å²) in [6.07, 6.45) is 1.76. The van der Waals surface area contributed by atoms with E-state index in [2.05, 4.69) is 23.7 Å². The average Bonchev–Trinajstić information content (AvgIpc) is 2.86. The molecule has 0 spiro atoms. The lowest BCUT2D eigenvalue weighted by molar-refractivity contribution is -0.132. The molecule has 2 heterocycles. The van der Waals surface area contributed by atoms with Crippen LogP contribution in [0.15, 0.2) is 40.9 Å². The van der Waals surface area contributed by atoms with Crippen LogP contribution >= 0.6 is 0 Å². The molecular formula is C16H20N2O2. The first-order valence-corrected chi connectivity index (χ1v) is 7.02. The lowest BCUT2D eigenvalue weighted by atomic mass is 9.83. The van der Waals surface area contributed by atoms with Crippen molar-refractivity contribution in [1.29, 1.82) is 0 Å². The maximum atomic E-state index is 10.2. The van der Waals surface area contributed by atoms with Gasteiger partial charge in [-0.15, -0.1) is 0 Å². The van der Waals surface area contributed by atoms with Crippen LogP contribution in [0.1, 0.15) is 19.7 Å². The van der Waals surface area contributed by atoms with Gasteiger partial charge in [0.15, 0.2) is 5.76 Å². The second-order valence-corrected chi connectivity index (χ2v) is 5.89. The molecule has 1 fully saturated rings. The van der Waals surface area contributed by atoms with E-state index >= 15 is 0 Å². The maximum Gasteiger partial charge on any atom is 0.209 e. The molecule has 0 saturated carbocycles. The van der Waals surface area contributed by atoms with Gasteiger partial charge in [-0.1, -0.05) is 44.2 Å². The standard InChI is InChI=1S/C16H20N2O2/c1-12(2)16(19)10-18(11-16)9-15-17-8-14(20-15)13-6-4-3-5-7-13/h3-8,12,19H,9-11H2,1-2H3. The third-order valence-electron chi connectivity index (χ3n) is 4.04. The van der Waals surface area contributed by atoms with E-state index in [0.717, 1.165) is 11.3 Å². The zero-order chi connectivity index (χ0) is 14.2. The molecular weight excluding hydrogens is 252 g/mol. The summed E-state index contributed by atoms with van der Waals surface area (Å²) in [5, 5.41) is 10.2. The van der Waals surface area contributed by atoms with Gasteiger partial charge in [-0.25, -0.2) is 4.98 Å². The number of hydrogen-bond acceptors (Lipinski definition) is 4. The Balaban J connectivity index is 1.62. The summed E-state index contributed by atoms with van der Waals surface area (Å²) >= 11 is 0. The molecule has 4 nitrogen and oxygen atoms in total. The summed E-state index contributed by atoms with van der Waals surface area (Å²) in [4.78, 5) is 6.47. The van der Waals surface area contributed by atoms with Crippen LogP contribution in [-0.2, 0) is 6.54 Å². The summed E-state index contributed by atoms with van der Waals surface area (Å²) < 4.78 is 5.77. The second kappa shape index (κ2) is 5.04. The first-order valence-electron chi connectivity index (χ1n) is 7.02. The van der Waals surface area contributed by atoms with Gasteiger partial charge in [0.05, 0.1) is 18.3 Å². The fourth-order valence-corrected chi connectivity index (χ4v) is 2.52. The van der Waals surface area contributed by atoms with Crippen LogP contribution in [0, 0.1) is 5.92 Å². The van der Waals surface area contributed by atoms with E-state index in [4.69, 9.17) is 4.42 Å². The SMILES string of the molecule is CC(C)C1(O)CN(Cc2ncc(-c3ccccc3)o2)C1. The van der Waals surface area contributed by atoms with Crippen molar-refractivity contribution in [3.05, 3.63) is 42.4 Å². The molecule has 0 unspecified atom stereocenters. The Morgan fingerprint density at radius 2 is 2.00 bits per heavy atom. The summed E-state index contributed by atoms with van der Waals surface area (Å²) in [6, 6.07) is 9.95. The van der Waals surface area contributed by atoms with Crippen LogP contribution < -0.4 is 0 Å². The molecule has 20 heavy (non-hydrogen) atoms. The fraction of sp³-hybridized carbons (Fsp3) is 0.438. The van der Waals surface area contributed by atoms with Crippen LogP contribution in [0.3, 0.4) is 0 Å². The Hall–Kier alpha value is -1.65. The molecule has 3 rings (SSSR count). The average molecular weight is 272 g/mol. The van der Waals surface area contributed by atoms with Gasteiger partial charge in [0.1, 0.15) is 0 Å². The Morgan fingerprint density at radius 1 is 1.30 bits per heavy atom. The Bertz CT molecular complexity index is 571. The van der Waals surface area contributed by atoms with Gasteiger partial charge < -0.3 is 9.52 Å². The molecule has 1 aromatic carbocycles. The molecule has 0 aliphatic carbocycles. The number of oxazole rings is 1. The molecule has 4 heteroatoms. The molecule has 1 aromatic heterocycles. The quantitative estimate of drug-likeness (QED) is 0.929.